The zero-order chi connectivity index (χ0) is 13.9. The predicted octanol–water partition coefficient (Wildman–Crippen LogP) is 4.97. The molecule has 1 aliphatic heterocycles. The van der Waals surface area contributed by atoms with Gasteiger partial charge in [-0.25, -0.2) is 0 Å². The van der Waals surface area contributed by atoms with Gasteiger partial charge in [0.1, 0.15) is 5.75 Å². The summed E-state index contributed by atoms with van der Waals surface area (Å²) in [6.07, 6.45) is 1.02. The molecule has 0 radical (unpaired) electrons. The third-order valence-corrected chi connectivity index (χ3v) is 4.29. The average Bonchev–Trinajstić information content (AvgIpc) is 2.48. The molecule has 4 heteroatoms. The second-order valence-corrected chi connectivity index (χ2v) is 5.70. The summed E-state index contributed by atoms with van der Waals surface area (Å²) in [5.74, 6) is 1.45. The van der Waals surface area contributed by atoms with Gasteiger partial charge in [0.25, 0.3) is 0 Å². The van der Waals surface area contributed by atoms with Crippen molar-refractivity contribution in [1.29, 1.82) is 0 Å². The van der Waals surface area contributed by atoms with Gasteiger partial charge < -0.3 is 10.1 Å². The third-order valence-electron chi connectivity index (χ3n) is 3.55. The Labute approximate surface area is 128 Å². The normalized spacial score (nSPS) is 17.2. The van der Waals surface area contributed by atoms with Gasteiger partial charge in [-0.3, -0.25) is 0 Å². The molecule has 20 heavy (non-hydrogen) atoms. The number of halogens is 2. The summed E-state index contributed by atoms with van der Waals surface area (Å²) < 4.78 is 5.67. The summed E-state index contributed by atoms with van der Waals surface area (Å²) in [6.45, 7) is 1.63. The third kappa shape index (κ3) is 2.87. The van der Waals surface area contributed by atoms with Crippen LogP contribution in [0.25, 0.3) is 0 Å². The Balaban J connectivity index is 1.71. The smallest absolute Gasteiger partial charge is 0.122 e. The first-order valence-electron chi connectivity index (χ1n) is 6.64. The molecule has 0 aliphatic carbocycles. The van der Waals surface area contributed by atoms with Gasteiger partial charge >= 0.3 is 0 Å². The van der Waals surface area contributed by atoms with Crippen molar-refractivity contribution in [3.05, 3.63) is 58.1 Å². The molecule has 104 valence electrons. The Kier molecular flexibility index (Phi) is 4.04. The number of ether oxygens (including phenoxy) is 1. The van der Waals surface area contributed by atoms with E-state index in [2.05, 4.69) is 17.4 Å². The number of anilines is 1. The van der Waals surface area contributed by atoms with Crippen LogP contribution in [-0.4, -0.2) is 13.2 Å². The minimum atomic E-state index is 0.453. The van der Waals surface area contributed by atoms with Crippen LogP contribution < -0.4 is 10.1 Å². The van der Waals surface area contributed by atoms with Gasteiger partial charge in [0, 0.05) is 18.2 Å². The Hall–Kier alpha value is -1.38. The molecule has 0 saturated heterocycles. The second-order valence-electron chi connectivity index (χ2n) is 4.88. The molecule has 2 aromatic carbocycles. The molecule has 1 N–H and O–H groups in total. The molecule has 0 amide bonds. The first-order valence-corrected chi connectivity index (χ1v) is 7.40. The van der Waals surface area contributed by atoms with Gasteiger partial charge in [-0.15, -0.1) is 0 Å². The lowest BCUT2D eigenvalue weighted by molar-refractivity contribution is 0.270. The fraction of sp³-hybridized carbons (Fsp3) is 0.250. The topological polar surface area (TPSA) is 21.3 Å². The lowest BCUT2D eigenvalue weighted by Crippen LogP contribution is -2.20. The lowest BCUT2D eigenvalue weighted by Gasteiger charge is -2.26. The number of benzene rings is 2. The average molecular weight is 308 g/mol. The van der Waals surface area contributed by atoms with Crippen LogP contribution in [0, 0.1) is 0 Å². The maximum atomic E-state index is 6.02. The van der Waals surface area contributed by atoms with Crippen molar-refractivity contribution in [1.82, 2.24) is 0 Å². The van der Waals surface area contributed by atoms with E-state index in [1.807, 2.05) is 30.3 Å². The molecular formula is C16H15Cl2NO. The molecule has 3 rings (SSSR count). The highest BCUT2D eigenvalue weighted by molar-refractivity contribution is 6.42. The molecule has 2 nitrogen and oxygen atoms in total. The van der Waals surface area contributed by atoms with E-state index in [4.69, 9.17) is 27.9 Å². The maximum absolute atomic E-state index is 6.02. The first-order chi connectivity index (χ1) is 9.74. The van der Waals surface area contributed by atoms with Crippen LogP contribution in [0.2, 0.25) is 10.0 Å². The summed E-state index contributed by atoms with van der Waals surface area (Å²) in [6, 6.07) is 13.8. The largest absolute Gasteiger partial charge is 0.493 e. The lowest BCUT2D eigenvalue weighted by atomic mass is 9.93. The van der Waals surface area contributed by atoms with Crippen LogP contribution in [0.1, 0.15) is 17.9 Å². The van der Waals surface area contributed by atoms with Gasteiger partial charge in [0.15, 0.2) is 0 Å². The molecule has 2 aromatic rings. The summed E-state index contributed by atoms with van der Waals surface area (Å²) >= 11 is 11.9. The van der Waals surface area contributed by atoms with Crippen LogP contribution in [0.5, 0.6) is 5.75 Å². The highest BCUT2D eigenvalue weighted by Gasteiger charge is 2.20. The van der Waals surface area contributed by atoms with Crippen LogP contribution in [0.4, 0.5) is 5.69 Å². The van der Waals surface area contributed by atoms with Gasteiger partial charge in [0.2, 0.25) is 0 Å². The van der Waals surface area contributed by atoms with Crippen LogP contribution in [0.3, 0.4) is 0 Å². The molecule has 0 spiro atoms. The highest BCUT2D eigenvalue weighted by atomic mass is 35.5. The van der Waals surface area contributed by atoms with E-state index in [-0.39, 0.29) is 0 Å². The van der Waals surface area contributed by atoms with E-state index in [1.54, 1.807) is 0 Å². The van der Waals surface area contributed by atoms with Crippen molar-refractivity contribution in [2.45, 2.75) is 12.3 Å². The monoisotopic (exact) mass is 307 g/mol. The second kappa shape index (κ2) is 5.94. The maximum Gasteiger partial charge on any atom is 0.122 e. The highest BCUT2D eigenvalue weighted by Crippen LogP contribution is 2.33. The van der Waals surface area contributed by atoms with Crippen LogP contribution >= 0.6 is 23.2 Å². The van der Waals surface area contributed by atoms with E-state index in [0.29, 0.717) is 16.0 Å². The van der Waals surface area contributed by atoms with Crippen molar-refractivity contribution >= 4 is 28.9 Å². The van der Waals surface area contributed by atoms with Crippen molar-refractivity contribution < 1.29 is 4.74 Å². The van der Waals surface area contributed by atoms with E-state index < -0.39 is 0 Å². The zero-order valence-electron chi connectivity index (χ0n) is 10.9. The summed E-state index contributed by atoms with van der Waals surface area (Å²) in [5, 5.41) is 4.58. The Morgan fingerprint density at radius 2 is 1.95 bits per heavy atom. The molecule has 0 saturated carbocycles. The minimum absolute atomic E-state index is 0.453. The molecule has 1 atom stereocenters. The van der Waals surface area contributed by atoms with Crippen LogP contribution in [-0.2, 0) is 0 Å². The molecule has 0 bridgehead atoms. The number of para-hydroxylation sites is 1. The predicted molar refractivity (Wildman–Crippen MR) is 84.2 cm³/mol. The number of rotatable bonds is 3. The van der Waals surface area contributed by atoms with E-state index in [9.17, 15) is 0 Å². The van der Waals surface area contributed by atoms with Crippen molar-refractivity contribution in [2.24, 2.45) is 0 Å². The zero-order valence-corrected chi connectivity index (χ0v) is 12.4. The van der Waals surface area contributed by atoms with Gasteiger partial charge in [-0.1, -0.05) is 41.4 Å². The number of hydrogen-bond acceptors (Lipinski definition) is 2. The van der Waals surface area contributed by atoms with Crippen LogP contribution in [0.15, 0.2) is 42.5 Å². The van der Waals surface area contributed by atoms with E-state index in [0.717, 1.165) is 31.0 Å². The molecule has 1 heterocycles. The Morgan fingerprint density at radius 3 is 2.80 bits per heavy atom. The number of fused-ring (bicyclic) bond motifs is 1. The van der Waals surface area contributed by atoms with Crippen molar-refractivity contribution in [3.8, 4) is 5.75 Å². The van der Waals surface area contributed by atoms with Crippen molar-refractivity contribution in [3.63, 3.8) is 0 Å². The Bertz CT molecular complexity index is 615. The fourth-order valence-corrected chi connectivity index (χ4v) is 2.77. The van der Waals surface area contributed by atoms with Gasteiger partial charge in [0.05, 0.1) is 16.7 Å². The summed E-state index contributed by atoms with van der Waals surface area (Å²) in [5.41, 5.74) is 2.26. The quantitative estimate of drug-likeness (QED) is 0.864. The van der Waals surface area contributed by atoms with Crippen molar-refractivity contribution in [2.75, 3.05) is 18.5 Å². The van der Waals surface area contributed by atoms with E-state index in [1.165, 1.54) is 5.56 Å². The van der Waals surface area contributed by atoms with Gasteiger partial charge in [-0.05, 0) is 36.2 Å². The number of hydrogen-bond donors (Lipinski definition) is 1. The van der Waals surface area contributed by atoms with Gasteiger partial charge in [-0.2, -0.15) is 0 Å². The molecule has 0 aromatic heterocycles. The molecule has 1 aliphatic rings. The SMILES string of the molecule is Clc1ccc(NCC2CCOc3ccccc32)cc1Cl. The standard InChI is InChI=1S/C16H15Cl2NO/c17-14-6-5-12(9-15(14)18)19-10-11-7-8-20-16-4-2-1-3-13(11)16/h1-6,9,11,19H,7-8,10H2. The number of nitrogens with one attached hydrogen (secondary N) is 1. The fourth-order valence-electron chi connectivity index (χ4n) is 2.48. The molecule has 0 fully saturated rings. The minimum Gasteiger partial charge on any atom is -0.493 e. The molecular weight excluding hydrogens is 293 g/mol. The summed E-state index contributed by atoms with van der Waals surface area (Å²) in [7, 11) is 0. The first kappa shape index (κ1) is 13.6. The van der Waals surface area contributed by atoms with E-state index >= 15 is 0 Å². The Morgan fingerprint density at radius 1 is 1.10 bits per heavy atom. The molecule has 1 unspecified atom stereocenters. The summed E-state index contributed by atoms with van der Waals surface area (Å²) in [4.78, 5) is 0.